The lowest BCUT2D eigenvalue weighted by molar-refractivity contribution is 0.607. The van der Waals surface area contributed by atoms with Crippen molar-refractivity contribution in [3.05, 3.63) is 29.0 Å². The van der Waals surface area contributed by atoms with Crippen LogP contribution in [0.5, 0.6) is 0 Å². The van der Waals surface area contributed by atoms with E-state index in [0.717, 1.165) is 6.54 Å². The molecule has 0 aliphatic rings. The summed E-state index contributed by atoms with van der Waals surface area (Å²) < 4.78 is 24.8. The first-order valence-electron chi connectivity index (χ1n) is 5.11. The van der Waals surface area contributed by atoms with Crippen molar-refractivity contribution in [1.29, 1.82) is 0 Å². The fourth-order valence-electron chi connectivity index (χ4n) is 1.35. The van der Waals surface area contributed by atoms with Gasteiger partial charge in [-0.2, -0.15) is 0 Å². The zero-order valence-electron chi connectivity index (χ0n) is 9.30. The third-order valence-electron chi connectivity index (χ3n) is 2.11. The van der Waals surface area contributed by atoms with Crippen molar-refractivity contribution in [3.8, 4) is 0 Å². The molecule has 0 aliphatic carbocycles. The third kappa shape index (κ3) is 3.85. The van der Waals surface area contributed by atoms with E-state index in [1.165, 1.54) is 18.2 Å². The molecule has 2 nitrogen and oxygen atoms in total. The van der Waals surface area contributed by atoms with Crippen LogP contribution in [0.4, 0.5) is 4.39 Å². The van der Waals surface area contributed by atoms with E-state index in [1.54, 1.807) is 0 Å². The van der Waals surface area contributed by atoms with Gasteiger partial charge in [-0.1, -0.05) is 18.5 Å². The predicted molar refractivity (Wildman–Crippen MR) is 65.8 cm³/mol. The number of rotatable bonds is 5. The van der Waals surface area contributed by atoms with E-state index in [9.17, 15) is 8.60 Å². The first-order chi connectivity index (χ1) is 7.54. The molecule has 0 heterocycles. The maximum absolute atomic E-state index is 12.9. The standard InChI is InChI=1S/C11H15ClFNOS/c1-3-14-8(2)7-16(15)9-4-5-11(13)10(12)6-9/h4-6,8,14H,3,7H2,1-2H3. The number of nitrogens with one attached hydrogen (secondary N) is 1. The number of hydrogen-bond donors (Lipinski definition) is 1. The molecule has 1 rings (SSSR count). The van der Waals surface area contributed by atoms with E-state index in [2.05, 4.69) is 5.32 Å². The SMILES string of the molecule is CCNC(C)CS(=O)c1ccc(F)c(Cl)c1. The number of benzene rings is 1. The highest BCUT2D eigenvalue weighted by molar-refractivity contribution is 7.85. The van der Waals surface area contributed by atoms with E-state index in [4.69, 9.17) is 11.6 Å². The fourth-order valence-corrected chi connectivity index (χ4v) is 2.83. The highest BCUT2D eigenvalue weighted by Crippen LogP contribution is 2.18. The maximum Gasteiger partial charge on any atom is 0.141 e. The lowest BCUT2D eigenvalue weighted by atomic mass is 10.3. The molecule has 0 radical (unpaired) electrons. The average Bonchev–Trinajstić information content (AvgIpc) is 2.22. The van der Waals surface area contributed by atoms with Gasteiger partial charge in [0.2, 0.25) is 0 Å². The Labute approximate surface area is 103 Å². The minimum absolute atomic E-state index is 0.0157. The summed E-state index contributed by atoms with van der Waals surface area (Å²) in [7, 11) is -1.15. The summed E-state index contributed by atoms with van der Waals surface area (Å²) in [6, 6.07) is 4.34. The monoisotopic (exact) mass is 263 g/mol. The normalized spacial score (nSPS) is 14.8. The van der Waals surface area contributed by atoms with Crippen LogP contribution in [0.3, 0.4) is 0 Å². The van der Waals surface area contributed by atoms with Crippen molar-refractivity contribution in [2.45, 2.75) is 24.8 Å². The first kappa shape index (κ1) is 13.6. The molecule has 0 bridgehead atoms. The molecule has 16 heavy (non-hydrogen) atoms. The van der Waals surface area contributed by atoms with Crippen LogP contribution < -0.4 is 5.32 Å². The van der Waals surface area contributed by atoms with E-state index < -0.39 is 16.6 Å². The molecular weight excluding hydrogens is 249 g/mol. The molecule has 1 N–H and O–H groups in total. The van der Waals surface area contributed by atoms with Crippen LogP contribution in [0.2, 0.25) is 5.02 Å². The van der Waals surface area contributed by atoms with Gasteiger partial charge in [0.25, 0.3) is 0 Å². The average molecular weight is 264 g/mol. The molecule has 90 valence electrons. The Morgan fingerprint density at radius 2 is 2.25 bits per heavy atom. The Morgan fingerprint density at radius 3 is 2.81 bits per heavy atom. The van der Waals surface area contributed by atoms with Gasteiger partial charge in [-0.25, -0.2) is 4.39 Å². The Hall–Kier alpha value is -0.450. The van der Waals surface area contributed by atoms with Gasteiger partial charge in [0.05, 0.1) is 15.8 Å². The van der Waals surface area contributed by atoms with E-state index in [1.807, 2.05) is 13.8 Å². The lowest BCUT2D eigenvalue weighted by Crippen LogP contribution is -2.30. The maximum atomic E-state index is 12.9. The Balaban J connectivity index is 2.69. The van der Waals surface area contributed by atoms with Crippen molar-refractivity contribution >= 4 is 22.4 Å². The van der Waals surface area contributed by atoms with Gasteiger partial charge in [-0.15, -0.1) is 0 Å². The predicted octanol–water partition coefficient (Wildman–Crippen LogP) is 2.58. The molecule has 2 atom stereocenters. The topological polar surface area (TPSA) is 29.1 Å². The minimum atomic E-state index is -1.15. The summed E-state index contributed by atoms with van der Waals surface area (Å²) >= 11 is 5.63. The van der Waals surface area contributed by atoms with Crippen molar-refractivity contribution in [3.63, 3.8) is 0 Å². The summed E-state index contributed by atoms with van der Waals surface area (Å²) in [5.74, 6) is 0.0117. The molecule has 0 aromatic heterocycles. The third-order valence-corrected chi connectivity index (χ3v) is 3.98. The summed E-state index contributed by atoms with van der Waals surface area (Å²) in [4.78, 5) is 0.566. The Morgan fingerprint density at radius 1 is 1.56 bits per heavy atom. The molecule has 5 heteroatoms. The molecular formula is C11H15ClFNOS. The molecule has 0 saturated carbocycles. The second kappa shape index (κ2) is 6.33. The molecule has 1 aromatic rings. The number of halogens is 2. The smallest absolute Gasteiger partial charge is 0.141 e. The molecule has 0 amide bonds. The Kier molecular flexibility index (Phi) is 5.38. The van der Waals surface area contributed by atoms with Crippen LogP contribution in [-0.2, 0) is 10.8 Å². The first-order valence-corrected chi connectivity index (χ1v) is 6.81. The zero-order chi connectivity index (χ0) is 12.1. The largest absolute Gasteiger partial charge is 0.314 e. The van der Waals surface area contributed by atoms with Gasteiger partial charge >= 0.3 is 0 Å². The van der Waals surface area contributed by atoms with E-state index >= 15 is 0 Å². The molecule has 2 unspecified atom stereocenters. The Bertz CT molecular complexity index is 386. The van der Waals surface area contributed by atoms with Crippen molar-refractivity contribution in [2.24, 2.45) is 0 Å². The molecule has 1 aromatic carbocycles. The van der Waals surface area contributed by atoms with Crippen molar-refractivity contribution in [1.82, 2.24) is 5.32 Å². The second-order valence-corrected chi connectivity index (χ2v) is 5.45. The minimum Gasteiger partial charge on any atom is -0.314 e. The molecule has 0 aliphatic heterocycles. The van der Waals surface area contributed by atoms with Gasteiger partial charge in [0, 0.05) is 16.7 Å². The fraction of sp³-hybridized carbons (Fsp3) is 0.455. The van der Waals surface area contributed by atoms with Gasteiger partial charge in [0.15, 0.2) is 0 Å². The van der Waals surface area contributed by atoms with Gasteiger partial charge in [0.1, 0.15) is 5.82 Å². The summed E-state index contributed by atoms with van der Waals surface area (Å²) in [6.45, 7) is 4.79. The van der Waals surface area contributed by atoms with Crippen LogP contribution in [0.25, 0.3) is 0 Å². The highest BCUT2D eigenvalue weighted by atomic mass is 35.5. The number of hydrogen-bond acceptors (Lipinski definition) is 2. The quantitative estimate of drug-likeness (QED) is 0.885. The second-order valence-electron chi connectivity index (χ2n) is 3.55. The highest BCUT2D eigenvalue weighted by Gasteiger charge is 2.10. The summed E-state index contributed by atoms with van der Waals surface area (Å²) in [6.07, 6.45) is 0. The van der Waals surface area contributed by atoms with Crippen molar-refractivity contribution < 1.29 is 8.60 Å². The van der Waals surface area contributed by atoms with Gasteiger partial charge in [-0.3, -0.25) is 4.21 Å². The van der Waals surface area contributed by atoms with Crippen LogP contribution in [0, 0.1) is 5.82 Å². The van der Waals surface area contributed by atoms with E-state index in [0.29, 0.717) is 10.6 Å². The molecule has 0 fully saturated rings. The molecule has 0 saturated heterocycles. The summed E-state index contributed by atoms with van der Waals surface area (Å²) in [5, 5.41) is 3.19. The van der Waals surface area contributed by atoms with Gasteiger partial charge in [-0.05, 0) is 31.7 Å². The van der Waals surface area contributed by atoms with Crippen molar-refractivity contribution in [2.75, 3.05) is 12.3 Å². The van der Waals surface area contributed by atoms with E-state index in [-0.39, 0.29) is 11.1 Å². The van der Waals surface area contributed by atoms with Crippen LogP contribution >= 0.6 is 11.6 Å². The summed E-state index contributed by atoms with van der Waals surface area (Å²) in [5.41, 5.74) is 0. The lowest BCUT2D eigenvalue weighted by Gasteiger charge is -2.11. The van der Waals surface area contributed by atoms with Gasteiger partial charge < -0.3 is 5.32 Å². The zero-order valence-corrected chi connectivity index (χ0v) is 10.9. The van der Waals surface area contributed by atoms with Crippen LogP contribution in [-0.4, -0.2) is 22.5 Å². The van der Waals surface area contributed by atoms with Crippen LogP contribution in [0.1, 0.15) is 13.8 Å². The van der Waals surface area contributed by atoms with Crippen LogP contribution in [0.15, 0.2) is 23.1 Å². The molecule has 0 spiro atoms.